The van der Waals surface area contributed by atoms with Crippen molar-refractivity contribution < 1.29 is 19.4 Å². The molecule has 3 atom stereocenters. The van der Waals surface area contributed by atoms with Gasteiger partial charge in [0.25, 0.3) is 0 Å². The van der Waals surface area contributed by atoms with Gasteiger partial charge >= 0.3 is 5.97 Å². The van der Waals surface area contributed by atoms with Crippen molar-refractivity contribution in [3.8, 4) is 0 Å². The highest BCUT2D eigenvalue weighted by molar-refractivity contribution is 6.30. The van der Waals surface area contributed by atoms with Crippen LogP contribution in [-0.2, 0) is 14.3 Å². The van der Waals surface area contributed by atoms with E-state index in [-0.39, 0.29) is 18.4 Å². The predicted molar refractivity (Wildman–Crippen MR) is 105 cm³/mol. The lowest BCUT2D eigenvalue weighted by atomic mass is 9.90. The van der Waals surface area contributed by atoms with Gasteiger partial charge in [-0.3, -0.25) is 4.79 Å². The highest BCUT2D eigenvalue weighted by atomic mass is 35.5. The van der Waals surface area contributed by atoms with Crippen LogP contribution >= 0.6 is 23.2 Å². The quantitative estimate of drug-likeness (QED) is 0.774. The summed E-state index contributed by atoms with van der Waals surface area (Å²) in [6.45, 7) is -0.169. The zero-order chi connectivity index (χ0) is 19.8. The molecule has 0 aromatic heterocycles. The monoisotopic (exact) mass is 419 g/mol. The van der Waals surface area contributed by atoms with E-state index in [4.69, 9.17) is 27.9 Å². The molecular formula is C21H19Cl2NO4. The van der Waals surface area contributed by atoms with Crippen molar-refractivity contribution in [1.29, 1.82) is 0 Å². The van der Waals surface area contributed by atoms with Crippen molar-refractivity contribution in [2.24, 2.45) is 5.92 Å². The van der Waals surface area contributed by atoms with Crippen LogP contribution in [0.4, 0.5) is 0 Å². The van der Waals surface area contributed by atoms with Crippen LogP contribution in [-0.4, -0.2) is 34.5 Å². The SMILES string of the molecule is O=C(O)[C@@H](C1CC1)N1C(=O)CO[C@@H](c2cccc(Cl)c2)[C@H]1c1ccc(Cl)cc1. The van der Waals surface area contributed by atoms with E-state index in [1.165, 1.54) is 4.90 Å². The second-order valence-corrected chi connectivity index (χ2v) is 8.08. The summed E-state index contributed by atoms with van der Waals surface area (Å²) in [7, 11) is 0. The summed E-state index contributed by atoms with van der Waals surface area (Å²) in [5.41, 5.74) is 1.57. The predicted octanol–water partition coefficient (Wildman–Crippen LogP) is 4.50. The molecule has 5 nitrogen and oxygen atoms in total. The molecule has 2 aromatic rings. The number of carbonyl (C=O) groups excluding carboxylic acids is 1. The Kier molecular flexibility index (Phi) is 5.32. The lowest BCUT2D eigenvalue weighted by Crippen LogP contribution is -2.54. The molecule has 1 saturated heterocycles. The number of amides is 1. The van der Waals surface area contributed by atoms with Crippen LogP contribution < -0.4 is 0 Å². The van der Waals surface area contributed by atoms with Crippen LogP contribution in [0.2, 0.25) is 10.0 Å². The van der Waals surface area contributed by atoms with E-state index in [1.807, 2.05) is 24.3 Å². The summed E-state index contributed by atoms with van der Waals surface area (Å²) in [5.74, 6) is -1.34. The molecule has 0 spiro atoms. The van der Waals surface area contributed by atoms with Gasteiger partial charge in [-0.2, -0.15) is 0 Å². The Morgan fingerprint density at radius 2 is 1.79 bits per heavy atom. The lowest BCUT2D eigenvalue weighted by Gasteiger charge is -2.44. The van der Waals surface area contributed by atoms with Crippen molar-refractivity contribution in [2.75, 3.05) is 6.61 Å². The van der Waals surface area contributed by atoms with Crippen molar-refractivity contribution in [1.82, 2.24) is 4.90 Å². The first-order chi connectivity index (χ1) is 13.5. The smallest absolute Gasteiger partial charge is 0.326 e. The summed E-state index contributed by atoms with van der Waals surface area (Å²) >= 11 is 12.2. The molecule has 28 heavy (non-hydrogen) atoms. The molecule has 1 aliphatic heterocycles. The van der Waals surface area contributed by atoms with Gasteiger partial charge in [-0.1, -0.05) is 47.5 Å². The molecule has 4 rings (SSSR count). The zero-order valence-corrected chi connectivity index (χ0v) is 16.4. The van der Waals surface area contributed by atoms with E-state index < -0.39 is 24.2 Å². The summed E-state index contributed by atoms with van der Waals surface area (Å²) in [4.78, 5) is 26.4. The van der Waals surface area contributed by atoms with Gasteiger partial charge in [-0.15, -0.1) is 0 Å². The Labute approximate surface area is 172 Å². The molecule has 0 unspecified atom stereocenters. The van der Waals surface area contributed by atoms with E-state index in [1.54, 1.807) is 24.3 Å². The third-order valence-electron chi connectivity index (χ3n) is 5.27. The minimum absolute atomic E-state index is 0.0330. The fourth-order valence-electron chi connectivity index (χ4n) is 3.87. The number of hydrogen-bond acceptors (Lipinski definition) is 3. The summed E-state index contributed by atoms with van der Waals surface area (Å²) in [5, 5.41) is 11.0. The number of carbonyl (C=O) groups is 2. The molecule has 1 aliphatic carbocycles. The molecule has 7 heteroatoms. The fourth-order valence-corrected chi connectivity index (χ4v) is 4.20. The van der Waals surface area contributed by atoms with E-state index in [2.05, 4.69) is 0 Å². The van der Waals surface area contributed by atoms with E-state index in [0.717, 1.165) is 24.0 Å². The standard InChI is InChI=1S/C21H19Cl2NO4/c22-15-8-6-12(7-9-15)18-20(14-2-1-3-16(23)10-14)28-11-17(25)24(18)19(21(26)27)13-4-5-13/h1-3,6-10,13,18-20H,4-5,11H2,(H,26,27)/t18-,19-,20+/m1/s1. The van der Waals surface area contributed by atoms with Crippen LogP contribution in [0.15, 0.2) is 48.5 Å². The molecule has 0 bridgehead atoms. The van der Waals surface area contributed by atoms with Gasteiger partial charge in [0.1, 0.15) is 18.8 Å². The summed E-state index contributed by atoms with van der Waals surface area (Å²) < 4.78 is 5.91. The molecule has 2 aromatic carbocycles. The van der Waals surface area contributed by atoms with E-state index in [9.17, 15) is 14.7 Å². The van der Waals surface area contributed by atoms with Crippen molar-refractivity contribution in [3.05, 3.63) is 69.7 Å². The number of aliphatic carboxylic acids is 1. The largest absolute Gasteiger partial charge is 0.480 e. The van der Waals surface area contributed by atoms with Crippen LogP contribution in [0.25, 0.3) is 0 Å². The summed E-state index contributed by atoms with van der Waals surface area (Å²) in [6, 6.07) is 12.9. The molecule has 1 heterocycles. The third kappa shape index (κ3) is 3.75. The topological polar surface area (TPSA) is 66.8 Å². The number of carboxylic acids is 1. The Balaban J connectivity index is 1.82. The first kappa shape index (κ1) is 19.2. The summed E-state index contributed by atoms with van der Waals surface area (Å²) in [6.07, 6.45) is 1.08. The van der Waals surface area contributed by atoms with Gasteiger partial charge in [0.15, 0.2) is 0 Å². The van der Waals surface area contributed by atoms with Gasteiger partial charge in [-0.25, -0.2) is 4.79 Å². The maximum atomic E-state index is 12.9. The molecular weight excluding hydrogens is 401 g/mol. The minimum atomic E-state index is -0.985. The number of halogens is 2. The minimum Gasteiger partial charge on any atom is -0.480 e. The van der Waals surface area contributed by atoms with Gasteiger partial charge < -0.3 is 14.7 Å². The number of hydrogen-bond donors (Lipinski definition) is 1. The number of ether oxygens (including phenoxy) is 1. The average molecular weight is 420 g/mol. The molecule has 1 saturated carbocycles. The van der Waals surface area contributed by atoms with Gasteiger partial charge in [-0.05, 0) is 54.2 Å². The average Bonchev–Trinajstić information content (AvgIpc) is 3.48. The normalized spacial score (nSPS) is 23.5. The molecule has 1 N–H and O–H groups in total. The van der Waals surface area contributed by atoms with Gasteiger partial charge in [0.2, 0.25) is 5.91 Å². The molecule has 0 radical (unpaired) electrons. The number of nitrogens with zero attached hydrogens (tertiary/aromatic N) is 1. The van der Waals surface area contributed by atoms with Crippen LogP contribution in [0, 0.1) is 5.92 Å². The van der Waals surface area contributed by atoms with Crippen LogP contribution in [0.3, 0.4) is 0 Å². The third-order valence-corrected chi connectivity index (χ3v) is 5.76. The fraction of sp³-hybridized carbons (Fsp3) is 0.333. The number of benzene rings is 2. The molecule has 2 aliphatic rings. The second-order valence-electron chi connectivity index (χ2n) is 7.20. The first-order valence-corrected chi connectivity index (χ1v) is 9.88. The highest BCUT2D eigenvalue weighted by Gasteiger charge is 2.49. The lowest BCUT2D eigenvalue weighted by molar-refractivity contribution is -0.172. The van der Waals surface area contributed by atoms with Crippen molar-refractivity contribution in [2.45, 2.75) is 31.0 Å². The van der Waals surface area contributed by atoms with Gasteiger partial charge in [0, 0.05) is 10.0 Å². The number of carboxylic acid groups (broad SMARTS) is 1. The maximum absolute atomic E-state index is 12.9. The zero-order valence-electron chi connectivity index (χ0n) is 14.9. The van der Waals surface area contributed by atoms with Crippen LogP contribution in [0.1, 0.15) is 36.1 Å². The Bertz CT molecular complexity index is 898. The van der Waals surface area contributed by atoms with Crippen LogP contribution in [0.5, 0.6) is 0 Å². The highest BCUT2D eigenvalue weighted by Crippen LogP contribution is 2.46. The van der Waals surface area contributed by atoms with Gasteiger partial charge in [0.05, 0.1) is 6.04 Å². The first-order valence-electron chi connectivity index (χ1n) is 9.12. The molecule has 2 fully saturated rings. The molecule has 1 amide bonds. The van der Waals surface area contributed by atoms with E-state index >= 15 is 0 Å². The van der Waals surface area contributed by atoms with Crippen molar-refractivity contribution in [3.63, 3.8) is 0 Å². The number of morpholine rings is 1. The Morgan fingerprint density at radius 3 is 2.39 bits per heavy atom. The molecule has 146 valence electrons. The maximum Gasteiger partial charge on any atom is 0.326 e. The Hall–Kier alpha value is -2.08. The van der Waals surface area contributed by atoms with Crippen molar-refractivity contribution >= 4 is 35.1 Å². The second kappa shape index (κ2) is 7.74. The number of rotatable bonds is 5. The van der Waals surface area contributed by atoms with E-state index in [0.29, 0.717) is 10.0 Å². The Morgan fingerprint density at radius 1 is 1.07 bits per heavy atom.